The maximum atomic E-state index is 12.0. The summed E-state index contributed by atoms with van der Waals surface area (Å²) in [6.07, 6.45) is 0.977. The van der Waals surface area contributed by atoms with Crippen LogP contribution in [0.5, 0.6) is 5.75 Å². The standard InChI is InChI=1S/C17H20ClNO3S/c1-2-14-5-9-17(10-6-14)22-12-11-19-23(20,21)13-15-3-7-16(18)8-4-15/h3-10,19H,2,11-13H2,1H3. The van der Waals surface area contributed by atoms with Crippen LogP contribution >= 0.6 is 11.6 Å². The van der Waals surface area contributed by atoms with Gasteiger partial charge >= 0.3 is 0 Å². The minimum atomic E-state index is -3.39. The van der Waals surface area contributed by atoms with Gasteiger partial charge in [0.15, 0.2) is 0 Å². The Morgan fingerprint density at radius 2 is 1.61 bits per heavy atom. The summed E-state index contributed by atoms with van der Waals surface area (Å²) >= 11 is 5.78. The van der Waals surface area contributed by atoms with Gasteiger partial charge in [-0.3, -0.25) is 0 Å². The van der Waals surface area contributed by atoms with Gasteiger partial charge in [0.25, 0.3) is 0 Å². The third-order valence-corrected chi connectivity index (χ3v) is 4.90. The zero-order chi connectivity index (χ0) is 16.7. The Bertz CT molecular complexity index is 713. The molecule has 0 heterocycles. The highest BCUT2D eigenvalue weighted by atomic mass is 35.5. The van der Waals surface area contributed by atoms with Crippen LogP contribution in [0.25, 0.3) is 0 Å². The van der Waals surface area contributed by atoms with Gasteiger partial charge in [-0.15, -0.1) is 0 Å². The number of ether oxygens (including phenoxy) is 1. The van der Waals surface area contributed by atoms with Crippen LogP contribution in [0, 0.1) is 0 Å². The lowest BCUT2D eigenvalue weighted by Gasteiger charge is -2.09. The molecule has 0 aliphatic carbocycles. The Hall–Kier alpha value is -1.56. The van der Waals surface area contributed by atoms with Crippen molar-refractivity contribution in [2.24, 2.45) is 0 Å². The summed E-state index contributed by atoms with van der Waals surface area (Å²) in [5.41, 5.74) is 1.93. The minimum Gasteiger partial charge on any atom is -0.492 e. The van der Waals surface area contributed by atoms with E-state index in [1.54, 1.807) is 24.3 Å². The fourth-order valence-corrected chi connectivity index (χ4v) is 3.29. The second-order valence-electron chi connectivity index (χ2n) is 5.13. The van der Waals surface area contributed by atoms with Gasteiger partial charge in [-0.1, -0.05) is 42.8 Å². The first-order valence-corrected chi connectivity index (χ1v) is 9.45. The van der Waals surface area contributed by atoms with Crippen molar-refractivity contribution in [1.29, 1.82) is 0 Å². The molecule has 124 valence electrons. The molecule has 6 heteroatoms. The lowest BCUT2D eigenvalue weighted by molar-refractivity contribution is 0.322. The highest BCUT2D eigenvalue weighted by molar-refractivity contribution is 7.88. The lowest BCUT2D eigenvalue weighted by Crippen LogP contribution is -2.29. The van der Waals surface area contributed by atoms with Crippen molar-refractivity contribution in [3.63, 3.8) is 0 Å². The van der Waals surface area contributed by atoms with Crippen LogP contribution < -0.4 is 9.46 Å². The van der Waals surface area contributed by atoms with Gasteiger partial charge in [-0.2, -0.15) is 0 Å². The quantitative estimate of drug-likeness (QED) is 0.740. The number of benzene rings is 2. The molecule has 23 heavy (non-hydrogen) atoms. The maximum Gasteiger partial charge on any atom is 0.215 e. The van der Waals surface area contributed by atoms with Gasteiger partial charge < -0.3 is 4.74 Å². The summed E-state index contributed by atoms with van der Waals surface area (Å²) in [4.78, 5) is 0. The molecule has 0 saturated carbocycles. The molecule has 0 saturated heterocycles. The first-order chi connectivity index (χ1) is 11.0. The molecule has 0 fully saturated rings. The van der Waals surface area contributed by atoms with Crippen LogP contribution in [0.15, 0.2) is 48.5 Å². The Morgan fingerprint density at radius 1 is 1.00 bits per heavy atom. The molecule has 1 N–H and O–H groups in total. The van der Waals surface area contributed by atoms with Crippen molar-refractivity contribution in [3.8, 4) is 5.75 Å². The molecule has 0 spiro atoms. The summed E-state index contributed by atoms with van der Waals surface area (Å²) in [6, 6.07) is 14.5. The minimum absolute atomic E-state index is 0.0740. The number of sulfonamides is 1. The SMILES string of the molecule is CCc1ccc(OCCNS(=O)(=O)Cc2ccc(Cl)cc2)cc1. The largest absolute Gasteiger partial charge is 0.492 e. The molecule has 0 unspecified atom stereocenters. The van der Waals surface area contributed by atoms with Crippen LogP contribution in [0.4, 0.5) is 0 Å². The average molecular weight is 354 g/mol. The normalized spacial score (nSPS) is 11.4. The fraction of sp³-hybridized carbons (Fsp3) is 0.294. The van der Waals surface area contributed by atoms with Gasteiger partial charge in [0.2, 0.25) is 10.0 Å². The molecule has 0 amide bonds. The van der Waals surface area contributed by atoms with Crippen LogP contribution in [-0.2, 0) is 22.2 Å². The number of aryl methyl sites for hydroxylation is 1. The second-order valence-corrected chi connectivity index (χ2v) is 7.37. The van der Waals surface area contributed by atoms with E-state index < -0.39 is 10.0 Å². The van der Waals surface area contributed by atoms with E-state index in [2.05, 4.69) is 11.6 Å². The number of halogens is 1. The summed E-state index contributed by atoms with van der Waals surface area (Å²) in [5, 5.41) is 0.585. The van der Waals surface area contributed by atoms with Gasteiger partial charge in [-0.25, -0.2) is 13.1 Å². The molecule has 4 nitrogen and oxygen atoms in total. The third kappa shape index (κ3) is 6.22. The van der Waals surface area contributed by atoms with Crippen LogP contribution in [-0.4, -0.2) is 21.6 Å². The molecule has 0 aliphatic rings. The van der Waals surface area contributed by atoms with E-state index in [0.29, 0.717) is 10.6 Å². The van der Waals surface area contributed by atoms with E-state index in [1.807, 2.05) is 24.3 Å². The molecule has 0 bridgehead atoms. The first-order valence-electron chi connectivity index (χ1n) is 7.42. The first kappa shape index (κ1) is 17.8. The molecule has 0 atom stereocenters. The number of hydrogen-bond donors (Lipinski definition) is 1. The molecule has 0 aromatic heterocycles. The highest BCUT2D eigenvalue weighted by Gasteiger charge is 2.10. The van der Waals surface area contributed by atoms with E-state index in [-0.39, 0.29) is 18.9 Å². The summed E-state index contributed by atoms with van der Waals surface area (Å²) in [5.74, 6) is 0.661. The van der Waals surface area contributed by atoms with Crippen molar-refractivity contribution in [3.05, 3.63) is 64.7 Å². The lowest BCUT2D eigenvalue weighted by atomic mass is 10.2. The third-order valence-electron chi connectivity index (χ3n) is 3.29. The van der Waals surface area contributed by atoms with Crippen LogP contribution in [0.2, 0.25) is 5.02 Å². The van der Waals surface area contributed by atoms with Gasteiger partial charge in [0, 0.05) is 11.6 Å². The molecular formula is C17H20ClNO3S. The van der Waals surface area contributed by atoms with Crippen molar-refractivity contribution in [2.75, 3.05) is 13.2 Å². The number of rotatable bonds is 8. The number of hydrogen-bond acceptors (Lipinski definition) is 3. The Morgan fingerprint density at radius 3 is 2.22 bits per heavy atom. The van der Waals surface area contributed by atoms with Gasteiger partial charge in [0.05, 0.1) is 5.75 Å². The molecule has 0 aliphatic heterocycles. The Labute approximate surface area is 142 Å². The van der Waals surface area contributed by atoms with Gasteiger partial charge in [0.1, 0.15) is 12.4 Å². The summed E-state index contributed by atoms with van der Waals surface area (Å²) < 4.78 is 32.0. The zero-order valence-electron chi connectivity index (χ0n) is 13.0. The summed E-state index contributed by atoms with van der Waals surface area (Å²) in [6.45, 7) is 2.60. The molecule has 2 rings (SSSR count). The zero-order valence-corrected chi connectivity index (χ0v) is 14.5. The molecule has 2 aromatic rings. The molecular weight excluding hydrogens is 334 g/mol. The van der Waals surface area contributed by atoms with Crippen LogP contribution in [0.1, 0.15) is 18.1 Å². The van der Waals surface area contributed by atoms with Crippen molar-refractivity contribution >= 4 is 21.6 Å². The summed E-state index contributed by atoms with van der Waals surface area (Å²) in [7, 11) is -3.39. The highest BCUT2D eigenvalue weighted by Crippen LogP contribution is 2.13. The Kier molecular flexibility index (Phi) is 6.45. The fourth-order valence-electron chi connectivity index (χ4n) is 2.04. The van der Waals surface area contributed by atoms with E-state index in [4.69, 9.17) is 16.3 Å². The van der Waals surface area contributed by atoms with E-state index in [0.717, 1.165) is 12.2 Å². The predicted molar refractivity (Wildman–Crippen MR) is 93.4 cm³/mol. The maximum absolute atomic E-state index is 12.0. The Balaban J connectivity index is 1.76. The molecule has 2 aromatic carbocycles. The monoisotopic (exact) mass is 353 g/mol. The molecule has 0 radical (unpaired) electrons. The van der Waals surface area contributed by atoms with Crippen molar-refractivity contribution in [1.82, 2.24) is 4.72 Å². The topological polar surface area (TPSA) is 55.4 Å². The average Bonchev–Trinajstić information content (AvgIpc) is 2.54. The number of nitrogens with one attached hydrogen (secondary N) is 1. The second kappa shape index (κ2) is 8.34. The van der Waals surface area contributed by atoms with Gasteiger partial charge in [-0.05, 0) is 41.8 Å². The van der Waals surface area contributed by atoms with E-state index in [1.165, 1.54) is 5.56 Å². The van der Waals surface area contributed by atoms with Crippen molar-refractivity contribution < 1.29 is 13.2 Å². The van der Waals surface area contributed by atoms with Crippen molar-refractivity contribution in [2.45, 2.75) is 19.1 Å². The van der Waals surface area contributed by atoms with E-state index in [9.17, 15) is 8.42 Å². The van der Waals surface area contributed by atoms with E-state index >= 15 is 0 Å². The smallest absolute Gasteiger partial charge is 0.215 e. The van der Waals surface area contributed by atoms with Crippen LogP contribution in [0.3, 0.4) is 0 Å². The predicted octanol–water partition coefficient (Wildman–Crippen LogP) is 3.40.